The molecular formula is C17H24N2Si. The summed E-state index contributed by atoms with van der Waals surface area (Å²) in [4.78, 5) is 4.12. The molecule has 0 radical (unpaired) electrons. The summed E-state index contributed by atoms with van der Waals surface area (Å²) < 4.78 is 0. The van der Waals surface area contributed by atoms with Gasteiger partial charge in [0, 0.05) is 25.5 Å². The number of nitrogens with zero attached hydrogens (tertiary/aromatic N) is 1. The molecule has 2 rings (SSSR count). The lowest BCUT2D eigenvalue weighted by Crippen LogP contribution is -2.37. The van der Waals surface area contributed by atoms with Crippen LogP contribution in [0.5, 0.6) is 0 Å². The molecule has 0 fully saturated rings. The van der Waals surface area contributed by atoms with Crippen LogP contribution in [0, 0.1) is 6.92 Å². The van der Waals surface area contributed by atoms with Crippen molar-refractivity contribution in [3.05, 3.63) is 59.4 Å². The molecule has 1 aromatic carbocycles. The third kappa shape index (κ3) is 4.02. The van der Waals surface area contributed by atoms with Gasteiger partial charge in [-0.2, -0.15) is 0 Å². The highest BCUT2D eigenvalue weighted by Gasteiger charge is 2.15. The number of hydrogen-bond donors (Lipinski definition) is 1. The van der Waals surface area contributed by atoms with Crippen molar-refractivity contribution in [1.29, 1.82) is 0 Å². The van der Waals surface area contributed by atoms with Crippen LogP contribution in [0.1, 0.15) is 16.7 Å². The van der Waals surface area contributed by atoms with E-state index in [2.05, 4.69) is 67.2 Å². The lowest BCUT2D eigenvalue weighted by Gasteiger charge is -2.17. The van der Waals surface area contributed by atoms with Crippen molar-refractivity contribution in [3.63, 3.8) is 0 Å². The van der Waals surface area contributed by atoms with E-state index in [1.165, 1.54) is 21.9 Å². The highest BCUT2D eigenvalue weighted by molar-refractivity contribution is 6.88. The number of pyridine rings is 1. The maximum atomic E-state index is 4.12. The first-order valence-electron chi connectivity index (χ1n) is 7.16. The topological polar surface area (TPSA) is 24.9 Å². The van der Waals surface area contributed by atoms with Crippen LogP contribution in [0.2, 0.25) is 19.6 Å². The fourth-order valence-electron chi connectivity index (χ4n) is 2.16. The molecule has 1 heterocycles. The van der Waals surface area contributed by atoms with Gasteiger partial charge in [0.05, 0.1) is 8.07 Å². The predicted molar refractivity (Wildman–Crippen MR) is 88.9 cm³/mol. The first-order chi connectivity index (χ1) is 9.47. The van der Waals surface area contributed by atoms with Crippen molar-refractivity contribution in [1.82, 2.24) is 10.3 Å². The third-order valence-corrected chi connectivity index (χ3v) is 5.67. The molecule has 0 saturated carbocycles. The number of aryl methyl sites for hydroxylation is 1. The Hall–Kier alpha value is -1.45. The number of hydrogen-bond acceptors (Lipinski definition) is 2. The van der Waals surface area contributed by atoms with Gasteiger partial charge in [-0.05, 0) is 29.7 Å². The predicted octanol–water partition coefficient (Wildman–Crippen LogP) is 3.23. The van der Waals surface area contributed by atoms with E-state index in [0.29, 0.717) is 0 Å². The van der Waals surface area contributed by atoms with Gasteiger partial charge in [-0.15, -0.1) is 0 Å². The van der Waals surface area contributed by atoms with Crippen LogP contribution in [0.15, 0.2) is 42.7 Å². The fraction of sp³-hybridized carbons (Fsp3) is 0.353. The van der Waals surface area contributed by atoms with E-state index in [9.17, 15) is 0 Å². The normalized spacial score (nSPS) is 11.6. The Kier molecular flexibility index (Phi) is 4.73. The second kappa shape index (κ2) is 6.33. The van der Waals surface area contributed by atoms with E-state index in [4.69, 9.17) is 0 Å². The number of benzene rings is 1. The van der Waals surface area contributed by atoms with Gasteiger partial charge in [0.25, 0.3) is 0 Å². The van der Waals surface area contributed by atoms with E-state index < -0.39 is 8.07 Å². The molecule has 0 aliphatic heterocycles. The maximum Gasteiger partial charge on any atom is 0.0775 e. The monoisotopic (exact) mass is 284 g/mol. The summed E-state index contributed by atoms with van der Waals surface area (Å²) >= 11 is 0. The first-order valence-corrected chi connectivity index (χ1v) is 10.7. The number of rotatable bonds is 5. The SMILES string of the molecule is Cc1cnccc1CNCc1ccc([Si](C)(C)C)cc1. The van der Waals surface area contributed by atoms with Gasteiger partial charge in [0.2, 0.25) is 0 Å². The summed E-state index contributed by atoms with van der Waals surface area (Å²) in [6.45, 7) is 11.1. The van der Waals surface area contributed by atoms with E-state index in [1.807, 2.05) is 12.4 Å². The molecule has 0 saturated heterocycles. The number of aromatic nitrogens is 1. The molecule has 1 N–H and O–H groups in total. The van der Waals surface area contributed by atoms with Gasteiger partial charge in [-0.3, -0.25) is 4.98 Å². The molecule has 3 heteroatoms. The molecule has 1 aromatic heterocycles. The molecule has 0 atom stereocenters. The van der Waals surface area contributed by atoms with E-state index in [0.717, 1.165) is 13.1 Å². The lowest BCUT2D eigenvalue weighted by atomic mass is 10.1. The Morgan fingerprint density at radius 1 is 1.00 bits per heavy atom. The molecule has 0 aliphatic carbocycles. The molecule has 2 nitrogen and oxygen atoms in total. The zero-order chi connectivity index (χ0) is 14.6. The van der Waals surface area contributed by atoms with Gasteiger partial charge < -0.3 is 5.32 Å². The zero-order valence-electron chi connectivity index (χ0n) is 12.9. The van der Waals surface area contributed by atoms with Crippen molar-refractivity contribution in [2.24, 2.45) is 0 Å². The minimum Gasteiger partial charge on any atom is -0.309 e. The summed E-state index contributed by atoms with van der Waals surface area (Å²) in [5, 5.41) is 5.02. The minimum absolute atomic E-state index is 0.893. The Morgan fingerprint density at radius 3 is 2.30 bits per heavy atom. The van der Waals surface area contributed by atoms with Gasteiger partial charge >= 0.3 is 0 Å². The molecule has 0 aliphatic rings. The molecular weight excluding hydrogens is 260 g/mol. The number of nitrogens with one attached hydrogen (secondary N) is 1. The van der Waals surface area contributed by atoms with E-state index in [1.54, 1.807) is 0 Å². The quantitative estimate of drug-likeness (QED) is 0.853. The summed E-state index contributed by atoms with van der Waals surface area (Å²) in [5.74, 6) is 0. The Morgan fingerprint density at radius 2 is 1.70 bits per heavy atom. The van der Waals surface area contributed by atoms with Crippen LogP contribution in [0.4, 0.5) is 0 Å². The Balaban J connectivity index is 1.90. The largest absolute Gasteiger partial charge is 0.309 e. The van der Waals surface area contributed by atoms with Crippen LogP contribution in [0.3, 0.4) is 0 Å². The van der Waals surface area contributed by atoms with Crippen molar-refractivity contribution >= 4 is 13.3 Å². The second-order valence-electron chi connectivity index (χ2n) is 6.35. The Labute approximate surface area is 123 Å². The van der Waals surface area contributed by atoms with Crippen molar-refractivity contribution in [2.45, 2.75) is 39.7 Å². The third-order valence-electron chi connectivity index (χ3n) is 3.60. The second-order valence-corrected chi connectivity index (χ2v) is 11.4. The summed E-state index contributed by atoms with van der Waals surface area (Å²) in [6, 6.07) is 11.2. The van der Waals surface area contributed by atoms with Gasteiger partial charge in [-0.1, -0.05) is 49.1 Å². The van der Waals surface area contributed by atoms with Crippen molar-refractivity contribution in [2.75, 3.05) is 0 Å². The maximum absolute atomic E-state index is 4.12. The van der Waals surface area contributed by atoms with Crippen molar-refractivity contribution < 1.29 is 0 Å². The zero-order valence-corrected chi connectivity index (χ0v) is 13.9. The molecule has 0 amide bonds. The van der Waals surface area contributed by atoms with Crippen molar-refractivity contribution in [3.8, 4) is 0 Å². The highest BCUT2D eigenvalue weighted by atomic mass is 28.3. The van der Waals surface area contributed by atoms with Gasteiger partial charge in [0.15, 0.2) is 0 Å². The minimum atomic E-state index is -1.17. The van der Waals surface area contributed by atoms with E-state index in [-0.39, 0.29) is 0 Å². The van der Waals surface area contributed by atoms with Crippen LogP contribution in [-0.4, -0.2) is 13.1 Å². The fourth-order valence-corrected chi connectivity index (χ4v) is 3.33. The van der Waals surface area contributed by atoms with Gasteiger partial charge in [0.1, 0.15) is 0 Å². The molecule has 106 valence electrons. The summed E-state index contributed by atoms with van der Waals surface area (Å²) in [5.41, 5.74) is 3.91. The molecule has 0 bridgehead atoms. The highest BCUT2D eigenvalue weighted by Crippen LogP contribution is 2.07. The average Bonchev–Trinajstić information content (AvgIpc) is 2.40. The van der Waals surface area contributed by atoms with E-state index >= 15 is 0 Å². The molecule has 20 heavy (non-hydrogen) atoms. The summed E-state index contributed by atoms with van der Waals surface area (Å²) in [7, 11) is -1.17. The lowest BCUT2D eigenvalue weighted by molar-refractivity contribution is 0.690. The average molecular weight is 284 g/mol. The van der Waals surface area contributed by atoms with Crippen LogP contribution in [0.25, 0.3) is 0 Å². The van der Waals surface area contributed by atoms with Crippen LogP contribution < -0.4 is 10.5 Å². The summed E-state index contributed by atoms with van der Waals surface area (Å²) in [6.07, 6.45) is 3.77. The van der Waals surface area contributed by atoms with Crippen LogP contribution >= 0.6 is 0 Å². The smallest absolute Gasteiger partial charge is 0.0775 e. The standard InChI is InChI=1S/C17H24N2Si/c1-14-11-18-10-9-16(14)13-19-12-15-5-7-17(8-6-15)20(2,3)4/h5-11,19H,12-13H2,1-4H3. The first kappa shape index (κ1) is 14.9. The Bertz CT molecular complexity index is 556. The van der Waals surface area contributed by atoms with Crippen LogP contribution in [-0.2, 0) is 13.1 Å². The molecule has 0 spiro atoms. The van der Waals surface area contributed by atoms with Gasteiger partial charge in [-0.25, -0.2) is 0 Å². The molecule has 2 aromatic rings. The molecule has 0 unspecified atom stereocenters.